The van der Waals surface area contributed by atoms with Crippen LogP contribution in [0.25, 0.3) is 16.9 Å². The standard InChI is InChI=1S/C28H27Cl2N5O3/c1-31-28(37)25(15-19-7-3-2-4-8-19)33-26(36)10-6-14-38-27-17-24(20-9-5-13-32-18-20)34-35(27)21-11-12-22(29)23(30)16-21/h2-5,7-9,11-13,16-18,25H,6,10,14-15H2,1H3,(H,31,37)(H,33,36)/t25-/m0/s1. The van der Waals surface area contributed by atoms with Crippen molar-refractivity contribution in [3.63, 3.8) is 0 Å². The number of pyridine rings is 1. The van der Waals surface area contributed by atoms with Crippen LogP contribution in [0.5, 0.6) is 5.88 Å². The molecule has 0 saturated heterocycles. The molecule has 0 spiro atoms. The van der Waals surface area contributed by atoms with Crippen LogP contribution in [0.2, 0.25) is 10.0 Å². The van der Waals surface area contributed by atoms with E-state index in [1.165, 1.54) is 0 Å². The number of hydrogen-bond acceptors (Lipinski definition) is 5. The highest BCUT2D eigenvalue weighted by Gasteiger charge is 2.20. The van der Waals surface area contributed by atoms with Crippen LogP contribution in [0.4, 0.5) is 0 Å². The van der Waals surface area contributed by atoms with Crippen LogP contribution in [0, 0.1) is 0 Å². The van der Waals surface area contributed by atoms with Gasteiger partial charge in [-0.15, -0.1) is 0 Å². The fourth-order valence-corrected chi connectivity index (χ4v) is 4.13. The van der Waals surface area contributed by atoms with Crippen molar-refractivity contribution < 1.29 is 14.3 Å². The van der Waals surface area contributed by atoms with Gasteiger partial charge in [0.05, 0.1) is 28.0 Å². The quantitative estimate of drug-likeness (QED) is 0.259. The Labute approximate surface area is 230 Å². The Morgan fingerprint density at radius 3 is 2.55 bits per heavy atom. The summed E-state index contributed by atoms with van der Waals surface area (Å²) >= 11 is 12.3. The summed E-state index contributed by atoms with van der Waals surface area (Å²) in [6, 6.07) is 19.6. The molecule has 1 atom stereocenters. The second-order valence-corrected chi connectivity index (χ2v) is 9.31. The minimum absolute atomic E-state index is 0.193. The summed E-state index contributed by atoms with van der Waals surface area (Å²) in [5.74, 6) is 0.00838. The second kappa shape index (κ2) is 13.1. The number of likely N-dealkylation sites (N-methyl/N-ethyl adjacent to an activating group) is 1. The van der Waals surface area contributed by atoms with Crippen LogP contribution in [0.15, 0.2) is 79.1 Å². The molecule has 0 radical (unpaired) electrons. The summed E-state index contributed by atoms with van der Waals surface area (Å²) in [7, 11) is 1.55. The fourth-order valence-electron chi connectivity index (χ4n) is 3.83. The molecule has 2 heterocycles. The van der Waals surface area contributed by atoms with Crippen molar-refractivity contribution in [2.24, 2.45) is 0 Å². The maximum atomic E-state index is 12.6. The van der Waals surface area contributed by atoms with E-state index in [0.29, 0.717) is 40.1 Å². The summed E-state index contributed by atoms with van der Waals surface area (Å²) in [6.07, 6.45) is 4.44. The van der Waals surface area contributed by atoms with E-state index in [0.717, 1.165) is 11.1 Å². The third-order valence-electron chi connectivity index (χ3n) is 5.76. The highest BCUT2D eigenvalue weighted by atomic mass is 35.5. The molecule has 196 valence electrons. The fraction of sp³-hybridized carbons (Fsp3) is 0.214. The van der Waals surface area contributed by atoms with Gasteiger partial charge in [-0.3, -0.25) is 14.6 Å². The largest absolute Gasteiger partial charge is 0.478 e. The lowest BCUT2D eigenvalue weighted by atomic mass is 10.1. The average Bonchev–Trinajstić information content (AvgIpc) is 3.37. The zero-order valence-corrected chi connectivity index (χ0v) is 22.2. The number of hydrogen-bond donors (Lipinski definition) is 2. The number of nitrogens with zero attached hydrogens (tertiary/aromatic N) is 3. The molecular formula is C28H27Cl2N5O3. The molecule has 8 nitrogen and oxygen atoms in total. The number of aromatic nitrogens is 3. The van der Waals surface area contributed by atoms with Crippen molar-refractivity contribution >= 4 is 35.0 Å². The Balaban J connectivity index is 1.40. The lowest BCUT2D eigenvalue weighted by molar-refractivity contribution is -0.128. The SMILES string of the molecule is CNC(=O)[C@H](Cc1ccccc1)NC(=O)CCCOc1cc(-c2cccnc2)nn1-c1ccc(Cl)c(Cl)c1. The predicted molar refractivity (Wildman–Crippen MR) is 148 cm³/mol. The summed E-state index contributed by atoms with van der Waals surface area (Å²) in [6.45, 7) is 0.260. The van der Waals surface area contributed by atoms with Gasteiger partial charge in [-0.05, 0) is 42.3 Å². The number of benzene rings is 2. The molecule has 38 heavy (non-hydrogen) atoms. The first-order chi connectivity index (χ1) is 18.4. The molecule has 2 N–H and O–H groups in total. The van der Waals surface area contributed by atoms with Crippen molar-refractivity contribution in [3.8, 4) is 22.8 Å². The molecule has 0 aliphatic carbocycles. The molecular weight excluding hydrogens is 525 g/mol. The van der Waals surface area contributed by atoms with Crippen molar-refractivity contribution in [3.05, 3.63) is 94.7 Å². The van der Waals surface area contributed by atoms with Gasteiger partial charge >= 0.3 is 0 Å². The lowest BCUT2D eigenvalue weighted by Crippen LogP contribution is -2.47. The Morgan fingerprint density at radius 1 is 1.03 bits per heavy atom. The van der Waals surface area contributed by atoms with Crippen LogP contribution in [0.1, 0.15) is 18.4 Å². The van der Waals surface area contributed by atoms with Crippen LogP contribution < -0.4 is 15.4 Å². The number of nitrogens with one attached hydrogen (secondary N) is 2. The Hall–Kier alpha value is -3.88. The first-order valence-corrected chi connectivity index (χ1v) is 12.8. The van der Waals surface area contributed by atoms with E-state index < -0.39 is 6.04 Å². The molecule has 4 rings (SSSR count). The monoisotopic (exact) mass is 551 g/mol. The van der Waals surface area contributed by atoms with Crippen molar-refractivity contribution in [2.45, 2.75) is 25.3 Å². The van der Waals surface area contributed by atoms with Gasteiger partial charge < -0.3 is 15.4 Å². The Bertz CT molecular complexity index is 1380. The van der Waals surface area contributed by atoms with Gasteiger partial charge in [-0.25, -0.2) is 4.68 Å². The lowest BCUT2D eigenvalue weighted by Gasteiger charge is -2.17. The number of halogens is 2. The van der Waals surface area contributed by atoms with E-state index in [4.69, 9.17) is 27.9 Å². The molecule has 0 aliphatic heterocycles. The van der Waals surface area contributed by atoms with E-state index >= 15 is 0 Å². The van der Waals surface area contributed by atoms with Gasteiger partial charge in [-0.2, -0.15) is 5.10 Å². The van der Waals surface area contributed by atoms with Crippen molar-refractivity contribution in [1.29, 1.82) is 0 Å². The summed E-state index contributed by atoms with van der Waals surface area (Å²) in [4.78, 5) is 29.1. The Morgan fingerprint density at radius 2 is 1.84 bits per heavy atom. The molecule has 10 heteroatoms. The molecule has 0 bridgehead atoms. The predicted octanol–water partition coefficient (Wildman–Crippen LogP) is 4.87. The number of amides is 2. The van der Waals surface area contributed by atoms with Crippen LogP contribution >= 0.6 is 23.2 Å². The normalized spacial score (nSPS) is 11.6. The average molecular weight is 552 g/mol. The Kier molecular flexibility index (Phi) is 9.35. The first-order valence-electron chi connectivity index (χ1n) is 12.1. The molecule has 4 aromatic rings. The van der Waals surface area contributed by atoms with E-state index in [-0.39, 0.29) is 24.8 Å². The van der Waals surface area contributed by atoms with Crippen molar-refractivity contribution in [2.75, 3.05) is 13.7 Å². The van der Waals surface area contributed by atoms with Gasteiger partial charge in [0, 0.05) is 43.9 Å². The third-order valence-corrected chi connectivity index (χ3v) is 6.50. The highest BCUT2D eigenvalue weighted by Crippen LogP contribution is 2.29. The molecule has 0 fully saturated rings. The van der Waals surface area contributed by atoms with Crippen LogP contribution in [0.3, 0.4) is 0 Å². The van der Waals surface area contributed by atoms with Gasteiger partial charge in [-0.1, -0.05) is 53.5 Å². The molecule has 0 aliphatic rings. The molecule has 2 aromatic carbocycles. The molecule has 0 saturated carbocycles. The maximum Gasteiger partial charge on any atom is 0.242 e. The zero-order chi connectivity index (χ0) is 26.9. The highest BCUT2D eigenvalue weighted by molar-refractivity contribution is 6.42. The maximum absolute atomic E-state index is 12.6. The van der Waals surface area contributed by atoms with E-state index in [9.17, 15) is 9.59 Å². The van der Waals surface area contributed by atoms with Gasteiger partial charge in [0.25, 0.3) is 0 Å². The van der Waals surface area contributed by atoms with Crippen LogP contribution in [-0.2, 0) is 16.0 Å². The summed E-state index contributed by atoms with van der Waals surface area (Å²) < 4.78 is 7.66. The minimum Gasteiger partial charge on any atom is -0.478 e. The number of carbonyl (C=O) groups excluding carboxylic acids is 2. The van der Waals surface area contributed by atoms with Gasteiger partial charge in [0.1, 0.15) is 6.04 Å². The van der Waals surface area contributed by atoms with E-state index in [2.05, 4.69) is 20.7 Å². The molecule has 0 unspecified atom stereocenters. The zero-order valence-electron chi connectivity index (χ0n) is 20.7. The summed E-state index contributed by atoms with van der Waals surface area (Å²) in [5, 5.41) is 10.9. The molecule has 2 aromatic heterocycles. The molecule has 2 amide bonds. The van der Waals surface area contributed by atoms with Crippen LogP contribution in [-0.4, -0.2) is 46.3 Å². The number of rotatable bonds is 11. The van der Waals surface area contributed by atoms with Gasteiger partial charge in [0.15, 0.2) is 0 Å². The van der Waals surface area contributed by atoms with E-state index in [1.54, 1.807) is 48.4 Å². The van der Waals surface area contributed by atoms with E-state index in [1.807, 2.05) is 42.5 Å². The first kappa shape index (κ1) is 27.2. The third kappa shape index (κ3) is 7.12. The van der Waals surface area contributed by atoms with Gasteiger partial charge in [0.2, 0.25) is 17.7 Å². The topological polar surface area (TPSA) is 98.1 Å². The number of ether oxygens (including phenoxy) is 1. The van der Waals surface area contributed by atoms with Crippen molar-refractivity contribution in [1.82, 2.24) is 25.4 Å². The smallest absolute Gasteiger partial charge is 0.242 e. The minimum atomic E-state index is -0.658. The second-order valence-electron chi connectivity index (χ2n) is 8.50. The number of carbonyl (C=O) groups is 2. The summed E-state index contributed by atoms with van der Waals surface area (Å²) in [5.41, 5.74) is 3.14.